The molecule has 1 heterocycles. The molecule has 2 aliphatic rings. The maximum absolute atomic E-state index is 13.7. The lowest BCUT2D eigenvalue weighted by Gasteiger charge is -2.30. The van der Waals surface area contributed by atoms with Gasteiger partial charge in [0.15, 0.2) is 5.78 Å². The van der Waals surface area contributed by atoms with Crippen LogP contribution in [0.5, 0.6) is 0 Å². The van der Waals surface area contributed by atoms with Crippen LogP contribution in [0.3, 0.4) is 0 Å². The number of para-hydroxylation sites is 2. The lowest BCUT2D eigenvalue weighted by atomic mass is 9.78. The van der Waals surface area contributed by atoms with E-state index in [1.54, 1.807) is 0 Å². The van der Waals surface area contributed by atoms with Crippen molar-refractivity contribution < 1.29 is 4.79 Å². The van der Waals surface area contributed by atoms with Crippen molar-refractivity contribution in [2.24, 2.45) is 0 Å². The van der Waals surface area contributed by atoms with E-state index < -0.39 is 0 Å². The third-order valence-corrected chi connectivity index (χ3v) is 7.25. The Hall–Kier alpha value is -3.82. The first kappa shape index (κ1) is 21.7. The molecule has 3 nitrogen and oxygen atoms in total. The fourth-order valence-electron chi connectivity index (χ4n) is 5.21. The average Bonchev–Trinajstić information content (AvgIpc) is 3.07. The Labute approximate surface area is 210 Å². The van der Waals surface area contributed by atoms with Crippen molar-refractivity contribution in [2.45, 2.75) is 24.8 Å². The monoisotopic (exact) mass is 476 g/mol. The van der Waals surface area contributed by atoms with Crippen molar-refractivity contribution in [3.63, 3.8) is 0 Å². The summed E-state index contributed by atoms with van der Waals surface area (Å²) in [5, 5.41) is 7.99. The minimum atomic E-state index is -0.218. The van der Waals surface area contributed by atoms with Crippen LogP contribution in [0.4, 0.5) is 11.4 Å². The molecule has 0 bridgehead atoms. The first-order valence-electron chi connectivity index (χ1n) is 12.0. The molecule has 0 aromatic heterocycles. The summed E-state index contributed by atoms with van der Waals surface area (Å²) >= 11 is 6.11. The molecule has 0 saturated heterocycles. The molecule has 2 atom stereocenters. The van der Waals surface area contributed by atoms with E-state index in [2.05, 4.69) is 59.2 Å². The Balaban J connectivity index is 1.40. The summed E-state index contributed by atoms with van der Waals surface area (Å²) in [5.74, 6) is 0.300. The highest BCUT2D eigenvalue weighted by atomic mass is 35.5. The van der Waals surface area contributed by atoms with E-state index in [1.807, 2.05) is 54.6 Å². The largest absolute Gasteiger partial charge is 0.372 e. The van der Waals surface area contributed by atoms with E-state index in [4.69, 9.17) is 11.6 Å². The number of carbonyl (C=O) groups is 1. The molecular weight excluding hydrogens is 452 g/mol. The van der Waals surface area contributed by atoms with Crippen LogP contribution in [0, 0.1) is 0 Å². The average molecular weight is 477 g/mol. The molecule has 4 aromatic rings. The van der Waals surface area contributed by atoms with Gasteiger partial charge in [0, 0.05) is 22.7 Å². The SMILES string of the molecule is O=C1CC(c2ccc(Cl)cc2)CC2=C1C(c1ccc(-c3ccccc3)cc1)Nc1ccccc1N2. The second-order valence-corrected chi connectivity index (χ2v) is 9.64. The van der Waals surface area contributed by atoms with Crippen LogP contribution in [0.25, 0.3) is 11.1 Å². The van der Waals surface area contributed by atoms with Crippen molar-refractivity contribution in [2.75, 3.05) is 10.6 Å². The van der Waals surface area contributed by atoms with Gasteiger partial charge in [-0.1, -0.05) is 90.5 Å². The van der Waals surface area contributed by atoms with E-state index in [0.717, 1.165) is 45.8 Å². The van der Waals surface area contributed by atoms with E-state index in [1.165, 1.54) is 5.56 Å². The summed E-state index contributed by atoms with van der Waals surface area (Å²) in [6.45, 7) is 0. The summed E-state index contributed by atoms with van der Waals surface area (Å²) < 4.78 is 0. The quantitative estimate of drug-likeness (QED) is 0.315. The van der Waals surface area contributed by atoms with Crippen LogP contribution in [0.1, 0.15) is 35.9 Å². The van der Waals surface area contributed by atoms with Gasteiger partial charge in [-0.05, 0) is 58.9 Å². The summed E-state index contributed by atoms with van der Waals surface area (Å²) in [4.78, 5) is 13.7. The molecular formula is C31H25ClN2O. The minimum absolute atomic E-state index is 0.123. The van der Waals surface area contributed by atoms with Crippen LogP contribution in [-0.4, -0.2) is 5.78 Å². The Morgan fingerprint density at radius 3 is 2.03 bits per heavy atom. The van der Waals surface area contributed by atoms with E-state index in [0.29, 0.717) is 11.4 Å². The highest BCUT2D eigenvalue weighted by Gasteiger charge is 2.36. The topological polar surface area (TPSA) is 41.1 Å². The number of rotatable bonds is 3. The smallest absolute Gasteiger partial charge is 0.163 e. The van der Waals surface area contributed by atoms with E-state index in [-0.39, 0.29) is 17.7 Å². The van der Waals surface area contributed by atoms with Crippen LogP contribution >= 0.6 is 11.6 Å². The lowest BCUT2D eigenvalue weighted by Crippen LogP contribution is -2.26. The van der Waals surface area contributed by atoms with Gasteiger partial charge in [0.1, 0.15) is 0 Å². The summed E-state index contributed by atoms with van der Waals surface area (Å²) in [6.07, 6.45) is 1.26. The van der Waals surface area contributed by atoms with Gasteiger partial charge in [0.25, 0.3) is 0 Å². The normalized spacial score (nSPS) is 19.2. The highest BCUT2D eigenvalue weighted by molar-refractivity contribution is 6.30. The van der Waals surface area contributed by atoms with Crippen LogP contribution in [0.2, 0.25) is 5.02 Å². The Bertz CT molecular complexity index is 1410. The minimum Gasteiger partial charge on any atom is -0.372 e. The molecule has 4 aromatic carbocycles. The Kier molecular flexibility index (Phi) is 5.63. The number of fused-ring (bicyclic) bond motifs is 1. The van der Waals surface area contributed by atoms with Gasteiger partial charge >= 0.3 is 0 Å². The molecule has 1 aliphatic heterocycles. The number of carbonyl (C=O) groups excluding carboxylic acids is 1. The van der Waals surface area contributed by atoms with E-state index >= 15 is 0 Å². The molecule has 2 unspecified atom stereocenters. The Morgan fingerprint density at radius 1 is 0.657 bits per heavy atom. The van der Waals surface area contributed by atoms with Crippen LogP contribution in [-0.2, 0) is 4.79 Å². The first-order chi connectivity index (χ1) is 17.2. The number of benzene rings is 4. The second-order valence-electron chi connectivity index (χ2n) is 9.21. The van der Waals surface area contributed by atoms with Gasteiger partial charge < -0.3 is 10.6 Å². The number of hydrogen-bond donors (Lipinski definition) is 2. The molecule has 0 fully saturated rings. The van der Waals surface area contributed by atoms with Gasteiger partial charge in [-0.2, -0.15) is 0 Å². The predicted molar refractivity (Wildman–Crippen MR) is 144 cm³/mol. The summed E-state index contributed by atoms with van der Waals surface area (Å²) in [7, 11) is 0. The number of Topliss-reactive ketones (excluding diaryl/α,β-unsaturated/α-hetero) is 1. The first-order valence-corrected chi connectivity index (χ1v) is 12.3. The third kappa shape index (κ3) is 4.24. The maximum Gasteiger partial charge on any atom is 0.163 e. The zero-order chi connectivity index (χ0) is 23.8. The molecule has 35 heavy (non-hydrogen) atoms. The van der Waals surface area contributed by atoms with Gasteiger partial charge in [-0.3, -0.25) is 4.79 Å². The molecule has 0 radical (unpaired) electrons. The number of hydrogen-bond acceptors (Lipinski definition) is 3. The van der Waals surface area contributed by atoms with Crippen molar-refractivity contribution in [1.29, 1.82) is 0 Å². The van der Waals surface area contributed by atoms with Gasteiger partial charge in [-0.25, -0.2) is 0 Å². The maximum atomic E-state index is 13.7. The second kappa shape index (κ2) is 9.09. The van der Waals surface area contributed by atoms with Gasteiger partial charge in [0.2, 0.25) is 0 Å². The molecule has 2 N–H and O–H groups in total. The van der Waals surface area contributed by atoms with Gasteiger partial charge in [0.05, 0.1) is 17.4 Å². The zero-order valence-corrected chi connectivity index (χ0v) is 19.9. The standard InChI is InChI=1S/C31H25ClN2O/c32-25-16-14-22(15-17-25)24-18-28-30(29(35)19-24)31(34-27-9-5-4-8-26(27)33-28)23-12-10-21(11-13-23)20-6-2-1-3-7-20/h1-17,24,31,33-34H,18-19H2. The molecule has 0 saturated carbocycles. The highest BCUT2D eigenvalue weighted by Crippen LogP contribution is 2.44. The van der Waals surface area contributed by atoms with Crippen molar-refractivity contribution in [1.82, 2.24) is 0 Å². The fourth-order valence-corrected chi connectivity index (χ4v) is 5.34. The van der Waals surface area contributed by atoms with Crippen LogP contribution in [0.15, 0.2) is 114 Å². The third-order valence-electron chi connectivity index (χ3n) is 7.00. The molecule has 6 rings (SSSR count). The number of anilines is 2. The number of halogens is 1. The molecule has 4 heteroatoms. The molecule has 0 amide bonds. The van der Waals surface area contributed by atoms with Crippen molar-refractivity contribution >= 4 is 28.8 Å². The number of allylic oxidation sites excluding steroid dienone is 1. The molecule has 0 spiro atoms. The van der Waals surface area contributed by atoms with E-state index in [9.17, 15) is 4.79 Å². The van der Waals surface area contributed by atoms with Gasteiger partial charge in [-0.15, -0.1) is 0 Å². The predicted octanol–water partition coefficient (Wildman–Crippen LogP) is 7.99. The summed E-state index contributed by atoms with van der Waals surface area (Å²) in [6, 6.07) is 34.7. The zero-order valence-electron chi connectivity index (χ0n) is 19.2. The fraction of sp³-hybridized carbons (Fsp3) is 0.129. The number of nitrogens with one attached hydrogen (secondary N) is 2. The Morgan fingerprint density at radius 2 is 1.29 bits per heavy atom. The summed E-state index contributed by atoms with van der Waals surface area (Å²) in [5.41, 5.74) is 8.38. The van der Waals surface area contributed by atoms with Crippen molar-refractivity contribution in [3.05, 3.63) is 131 Å². The molecule has 1 aliphatic carbocycles. The lowest BCUT2D eigenvalue weighted by molar-refractivity contribution is -0.116. The number of ketones is 1. The molecule has 172 valence electrons. The van der Waals surface area contributed by atoms with Crippen LogP contribution < -0.4 is 10.6 Å². The van der Waals surface area contributed by atoms with Crippen molar-refractivity contribution in [3.8, 4) is 11.1 Å².